The topological polar surface area (TPSA) is 26.0 Å². The number of nitrogens with two attached hydrogens (primary N) is 1. The van der Waals surface area contributed by atoms with Crippen molar-refractivity contribution in [3.05, 3.63) is 34.9 Å². The van der Waals surface area contributed by atoms with Crippen LogP contribution in [0.2, 0.25) is 5.02 Å². The zero-order valence-corrected chi connectivity index (χ0v) is 9.52. The van der Waals surface area contributed by atoms with Crippen LogP contribution in [-0.2, 0) is 5.54 Å². The minimum Gasteiger partial charge on any atom is -0.321 e. The molecule has 0 amide bonds. The van der Waals surface area contributed by atoms with E-state index in [1.165, 1.54) is 0 Å². The molecule has 0 heterocycles. The Morgan fingerprint density at radius 3 is 2.33 bits per heavy atom. The number of alkyl halides is 1. The second kappa shape index (κ2) is 3.46. The van der Waals surface area contributed by atoms with Crippen molar-refractivity contribution in [3.8, 4) is 0 Å². The molecule has 2 rings (SSSR count). The van der Waals surface area contributed by atoms with E-state index < -0.39 is 11.2 Å². The molecule has 1 aliphatic rings. The van der Waals surface area contributed by atoms with Gasteiger partial charge in [0.05, 0.1) is 0 Å². The first-order valence-electron chi connectivity index (χ1n) is 5.15. The van der Waals surface area contributed by atoms with E-state index >= 15 is 0 Å². The van der Waals surface area contributed by atoms with E-state index in [1.807, 2.05) is 12.1 Å². The van der Waals surface area contributed by atoms with Crippen LogP contribution >= 0.6 is 11.6 Å². The standard InChI is InChI=1S/C12H15ClFN/c1-11(14)6-7-12(15,8-11)9-2-4-10(13)5-3-9/h2-5H,6-8,15H2,1H3. The summed E-state index contributed by atoms with van der Waals surface area (Å²) < 4.78 is 13.8. The first-order valence-corrected chi connectivity index (χ1v) is 5.53. The number of hydrogen-bond acceptors (Lipinski definition) is 1. The van der Waals surface area contributed by atoms with Gasteiger partial charge in [-0.1, -0.05) is 23.7 Å². The maximum absolute atomic E-state index is 13.8. The van der Waals surface area contributed by atoms with Gasteiger partial charge in [0, 0.05) is 17.0 Å². The molecule has 0 aromatic heterocycles. The predicted octanol–water partition coefficient (Wildman–Crippen LogP) is 3.41. The molecule has 0 radical (unpaired) electrons. The molecule has 3 heteroatoms. The largest absolute Gasteiger partial charge is 0.321 e. The van der Waals surface area contributed by atoms with Crippen molar-refractivity contribution in [2.75, 3.05) is 0 Å². The smallest absolute Gasteiger partial charge is 0.110 e. The fraction of sp³-hybridized carbons (Fsp3) is 0.500. The summed E-state index contributed by atoms with van der Waals surface area (Å²) in [6.07, 6.45) is 1.62. The van der Waals surface area contributed by atoms with Gasteiger partial charge >= 0.3 is 0 Å². The molecule has 2 atom stereocenters. The Morgan fingerprint density at radius 2 is 1.87 bits per heavy atom. The fourth-order valence-electron chi connectivity index (χ4n) is 2.35. The van der Waals surface area contributed by atoms with Crippen LogP contribution in [0.25, 0.3) is 0 Å². The van der Waals surface area contributed by atoms with E-state index in [9.17, 15) is 4.39 Å². The summed E-state index contributed by atoms with van der Waals surface area (Å²) in [6.45, 7) is 1.62. The Morgan fingerprint density at radius 1 is 1.27 bits per heavy atom. The lowest BCUT2D eigenvalue weighted by Crippen LogP contribution is -2.35. The van der Waals surface area contributed by atoms with Gasteiger partial charge in [-0.25, -0.2) is 4.39 Å². The van der Waals surface area contributed by atoms with Gasteiger partial charge in [-0.05, 0) is 37.5 Å². The zero-order valence-electron chi connectivity index (χ0n) is 8.76. The Kier molecular flexibility index (Phi) is 2.52. The van der Waals surface area contributed by atoms with Gasteiger partial charge in [0.25, 0.3) is 0 Å². The van der Waals surface area contributed by atoms with Crippen LogP contribution in [-0.4, -0.2) is 5.67 Å². The Balaban J connectivity index is 2.27. The van der Waals surface area contributed by atoms with Crippen LogP contribution in [0.5, 0.6) is 0 Å². The maximum Gasteiger partial charge on any atom is 0.110 e. The van der Waals surface area contributed by atoms with Crippen molar-refractivity contribution in [2.45, 2.75) is 37.4 Å². The van der Waals surface area contributed by atoms with Crippen molar-refractivity contribution >= 4 is 11.6 Å². The van der Waals surface area contributed by atoms with Gasteiger partial charge < -0.3 is 5.73 Å². The number of benzene rings is 1. The molecule has 0 saturated heterocycles. The van der Waals surface area contributed by atoms with Gasteiger partial charge in [0.15, 0.2) is 0 Å². The van der Waals surface area contributed by atoms with E-state index in [-0.39, 0.29) is 0 Å². The van der Waals surface area contributed by atoms with E-state index in [1.54, 1.807) is 19.1 Å². The molecular weight excluding hydrogens is 213 g/mol. The fourth-order valence-corrected chi connectivity index (χ4v) is 2.47. The summed E-state index contributed by atoms with van der Waals surface area (Å²) in [5.74, 6) is 0. The van der Waals surface area contributed by atoms with Gasteiger partial charge in [-0.15, -0.1) is 0 Å². The average Bonchev–Trinajstić information content (AvgIpc) is 2.43. The molecule has 0 aliphatic heterocycles. The summed E-state index contributed by atoms with van der Waals surface area (Å²) in [4.78, 5) is 0. The van der Waals surface area contributed by atoms with Gasteiger partial charge in [0.1, 0.15) is 5.67 Å². The predicted molar refractivity (Wildman–Crippen MR) is 60.7 cm³/mol. The summed E-state index contributed by atoms with van der Waals surface area (Å²) in [5, 5.41) is 0.684. The molecule has 2 N–H and O–H groups in total. The van der Waals surface area contributed by atoms with Gasteiger partial charge in [0.2, 0.25) is 0 Å². The minimum atomic E-state index is -1.13. The lowest BCUT2D eigenvalue weighted by Gasteiger charge is -2.25. The third-order valence-electron chi connectivity index (χ3n) is 3.20. The molecule has 1 aromatic rings. The first-order chi connectivity index (χ1) is 6.91. The van der Waals surface area contributed by atoms with Crippen LogP contribution in [0.4, 0.5) is 4.39 Å². The molecule has 2 unspecified atom stereocenters. The molecule has 0 bridgehead atoms. The Labute approximate surface area is 94.4 Å². The highest BCUT2D eigenvalue weighted by molar-refractivity contribution is 6.30. The second-order valence-corrected chi connectivity index (χ2v) is 5.19. The molecule has 1 nitrogen and oxygen atoms in total. The van der Waals surface area contributed by atoms with Gasteiger partial charge in [-0.3, -0.25) is 0 Å². The molecule has 1 fully saturated rings. The highest BCUT2D eigenvalue weighted by Gasteiger charge is 2.44. The normalized spacial score (nSPS) is 35.7. The summed E-state index contributed by atoms with van der Waals surface area (Å²) in [6, 6.07) is 7.40. The Bertz CT molecular complexity index is 360. The number of halogens is 2. The molecule has 82 valence electrons. The number of hydrogen-bond donors (Lipinski definition) is 1. The number of rotatable bonds is 1. The molecular formula is C12H15ClFN. The zero-order chi connectivity index (χ0) is 11.1. The van der Waals surface area contributed by atoms with E-state index in [0.29, 0.717) is 24.3 Å². The summed E-state index contributed by atoms with van der Waals surface area (Å²) in [7, 11) is 0. The first kappa shape index (κ1) is 10.9. The average molecular weight is 228 g/mol. The highest BCUT2D eigenvalue weighted by atomic mass is 35.5. The Hall–Kier alpha value is -0.600. The minimum absolute atomic E-state index is 0.391. The molecule has 1 saturated carbocycles. The monoisotopic (exact) mass is 227 g/mol. The molecule has 1 aliphatic carbocycles. The molecule has 15 heavy (non-hydrogen) atoms. The lowest BCUT2D eigenvalue weighted by molar-refractivity contribution is 0.187. The van der Waals surface area contributed by atoms with Crippen molar-refractivity contribution in [2.24, 2.45) is 5.73 Å². The second-order valence-electron chi connectivity index (χ2n) is 4.75. The van der Waals surface area contributed by atoms with E-state index in [0.717, 1.165) is 5.56 Å². The van der Waals surface area contributed by atoms with Crippen LogP contribution in [0.15, 0.2) is 24.3 Å². The SMILES string of the molecule is CC1(F)CCC(N)(c2ccc(Cl)cc2)C1. The van der Waals surface area contributed by atoms with E-state index in [4.69, 9.17) is 17.3 Å². The van der Waals surface area contributed by atoms with Crippen LogP contribution in [0, 0.1) is 0 Å². The van der Waals surface area contributed by atoms with E-state index in [2.05, 4.69) is 0 Å². The van der Waals surface area contributed by atoms with Gasteiger partial charge in [-0.2, -0.15) is 0 Å². The van der Waals surface area contributed by atoms with Crippen LogP contribution in [0.1, 0.15) is 31.7 Å². The summed E-state index contributed by atoms with van der Waals surface area (Å²) >= 11 is 5.80. The van der Waals surface area contributed by atoms with Crippen molar-refractivity contribution in [1.82, 2.24) is 0 Å². The summed E-state index contributed by atoms with van der Waals surface area (Å²) in [5.41, 5.74) is 5.55. The van der Waals surface area contributed by atoms with Crippen LogP contribution in [0.3, 0.4) is 0 Å². The highest BCUT2D eigenvalue weighted by Crippen LogP contribution is 2.44. The van der Waals surface area contributed by atoms with Crippen molar-refractivity contribution < 1.29 is 4.39 Å². The molecule has 0 spiro atoms. The third kappa shape index (κ3) is 2.16. The lowest BCUT2D eigenvalue weighted by atomic mass is 9.88. The quantitative estimate of drug-likeness (QED) is 0.782. The maximum atomic E-state index is 13.8. The van der Waals surface area contributed by atoms with Crippen molar-refractivity contribution in [3.63, 3.8) is 0 Å². The third-order valence-corrected chi connectivity index (χ3v) is 3.45. The van der Waals surface area contributed by atoms with Crippen molar-refractivity contribution in [1.29, 1.82) is 0 Å². The molecule has 1 aromatic carbocycles. The van der Waals surface area contributed by atoms with Crippen LogP contribution < -0.4 is 5.73 Å².